The van der Waals surface area contributed by atoms with Crippen molar-refractivity contribution in [2.24, 2.45) is 0 Å². The Bertz CT molecular complexity index is 477. The van der Waals surface area contributed by atoms with Crippen LogP contribution < -0.4 is 4.74 Å². The van der Waals surface area contributed by atoms with Gasteiger partial charge in [0.25, 0.3) is 0 Å². The lowest BCUT2D eigenvalue weighted by molar-refractivity contribution is 0.414. The standard InChI is InChI=1S/C14H13NO/c1-16-14-5-3-2-4-13(14)7-6-12-8-10-15-11-9-12/h2-11H,1H3/b7-6+. The lowest BCUT2D eigenvalue weighted by atomic mass is 10.1. The smallest absolute Gasteiger partial charge is 0.126 e. The minimum Gasteiger partial charge on any atom is -0.496 e. The average molecular weight is 211 g/mol. The van der Waals surface area contributed by atoms with Crippen LogP contribution in [-0.2, 0) is 0 Å². The number of para-hydroxylation sites is 1. The normalized spacial score (nSPS) is 10.6. The summed E-state index contributed by atoms with van der Waals surface area (Å²) in [5.74, 6) is 0.882. The summed E-state index contributed by atoms with van der Waals surface area (Å²) in [6.45, 7) is 0. The molecule has 0 amide bonds. The average Bonchev–Trinajstić information content (AvgIpc) is 2.38. The first kappa shape index (κ1) is 10.4. The number of pyridine rings is 1. The number of aromatic nitrogens is 1. The predicted molar refractivity (Wildman–Crippen MR) is 66.2 cm³/mol. The molecule has 0 bridgehead atoms. The Labute approximate surface area is 95.2 Å². The van der Waals surface area contributed by atoms with Gasteiger partial charge in [0, 0.05) is 18.0 Å². The van der Waals surface area contributed by atoms with Crippen molar-refractivity contribution in [3.63, 3.8) is 0 Å². The van der Waals surface area contributed by atoms with Crippen molar-refractivity contribution in [2.45, 2.75) is 0 Å². The van der Waals surface area contributed by atoms with E-state index in [1.54, 1.807) is 19.5 Å². The zero-order valence-corrected chi connectivity index (χ0v) is 9.13. The van der Waals surface area contributed by atoms with E-state index in [4.69, 9.17) is 4.74 Å². The summed E-state index contributed by atoms with van der Waals surface area (Å²) in [5.41, 5.74) is 2.20. The highest BCUT2D eigenvalue weighted by Crippen LogP contribution is 2.19. The molecule has 16 heavy (non-hydrogen) atoms. The van der Waals surface area contributed by atoms with Crippen LogP contribution in [0.5, 0.6) is 5.75 Å². The topological polar surface area (TPSA) is 22.1 Å². The van der Waals surface area contributed by atoms with E-state index in [1.807, 2.05) is 48.6 Å². The molecule has 1 aromatic heterocycles. The van der Waals surface area contributed by atoms with Crippen molar-refractivity contribution < 1.29 is 4.74 Å². The van der Waals surface area contributed by atoms with Crippen molar-refractivity contribution >= 4 is 12.2 Å². The second kappa shape index (κ2) is 5.12. The van der Waals surface area contributed by atoms with Gasteiger partial charge in [-0.05, 0) is 23.8 Å². The molecule has 0 aliphatic rings. The Balaban J connectivity index is 2.24. The zero-order valence-electron chi connectivity index (χ0n) is 9.13. The number of rotatable bonds is 3. The molecule has 0 N–H and O–H groups in total. The van der Waals surface area contributed by atoms with Crippen LogP contribution in [0.2, 0.25) is 0 Å². The van der Waals surface area contributed by atoms with E-state index in [1.165, 1.54) is 0 Å². The highest BCUT2D eigenvalue weighted by atomic mass is 16.5. The number of ether oxygens (including phenoxy) is 1. The highest BCUT2D eigenvalue weighted by Gasteiger charge is 1.95. The largest absolute Gasteiger partial charge is 0.496 e. The molecule has 0 unspecified atom stereocenters. The Morgan fingerprint density at radius 2 is 1.75 bits per heavy atom. The lowest BCUT2D eigenvalue weighted by Crippen LogP contribution is -1.85. The van der Waals surface area contributed by atoms with Gasteiger partial charge in [-0.3, -0.25) is 4.98 Å². The summed E-state index contributed by atoms with van der Waals surface area (Å²) >= 11 is 0. The second-order valence-corrected chi connectivity index (χ2v) is 3.36. The Kier molecular flexibility index (Phi) is 3.34. The van der Waals surface area contributed by atoms with Gasteiger partial charge in [0.05, 0.1) is 7.11 Å². The zero-order chi connectivity index (χ0) is 11.2. The van der Waals surface area contributed by atoms with Gasteiger partial charge in [-0.15, -0.1) is 0 Å². The molecule has 2 heteroatoms. The Morgan fingerprint density at radius 3 is 2.50 bits per heavy atom. The third kappa shape index (κ3) is 2.48. The number of methoxy groups -OCH3 is 1. The summed E-state index contributed by atoms with van der Waals surface area (Å²) in [5, 5.41) is 0. The number of hydrogen-bond acceptors (Lipinski definition) is 2. The molecular weight excluding hydrogens is 198 g/mol. The summed E-state index contributed by atoms with van der Waals surface area (Å²) in [7, 11) is 1.68. The van der Waals surface area contributed by atoms with Gasteiger partial charge < -0.3 is 4.74 Å². The fraction of sp³-hybridized carbons (Fsp3) is 0.0714. The molecule has 0 aliphatic heterocycles. The van der Waals surface area contributed by atoms with Crippen LogP contribution in [-0.4, -0.2) is 12.1 Å². The minimum absolute atomic E-state index is 0.882. The van der Waals surface area contributed by atoms with Crippen LogP contribution in [0.15, 0.2) is 48.8 Å². The molecule has 2 nitrogen and oxygen atoms in total. The van der Waals surface area contributed by atoms with Gasteiger partial charge in [-0.1, -0.05) is 30.4 Å². The monoisotopic (exact) mass is 211 g/mol. The second-order valence-electron chi connectivity index (χ2n) is 3.36. The summed E-state index contributed by atoms with van der Waals surface area (Å²) < 4.78 is 5.27. The van der Waals surface area contributed by atoms with Gasteiger partial charge in [0.15, 0.2) is 0 Å². The van der Waals surface area contributed by atoms with Gasteiger partial charge in [-0.2, -0.15) is 0 Å². The van der Waals surface area contributed by atoms with Crippen molar-refractivity contribution in [1.29, 1.82) is 0 Å². The molecule has 1 aromatic carbocycles. The molecule has 0 radical (unpaired) electrons. The molecule has 0 spiro atoms. The summed E-state index contributed by atoms with van der Waals surface area (Å²) in [4.78, 5) is 3.98. The van der Waals surface area contributed by atoms with Crippen LogP contribution in [0.4, 0.5) is 0 Å². The van der Waals surface area contributed by atoms with Crippen molar-refractivity contribution in [1.82, 2.24) is 4.98 Å². The van der Waals surface area contributed by atoms with E-state index in [2.05, 4.69) is 4.98 Å². The number of benzene rings is 1. The SMILES string of the molecule is COc1ccccc1/C=C/c1ccncc1. The maximum absolute atomic E-state index is 5.27. The predicted octanol–water partition coefficient (Wildman–Crippen LogP) is 3.26. The Morgan fingerprint density at radius 1 is 1.00 bits per heavy atom. The maximum Gasteiger partial charge on any atom is 0.126 e. The van der Waals surface area contributed by atoms with E-state index in [0.717, 1.165) is 16.9 Å². The van der Waals surface area contributed by atoms with Crippen molar-refractivity contribution in [3.05, 3.63) is 59.9 Å². The van der Waals surface area contributed by atoms with E-state index in [9.17, 15) is 0 Å². The van der Waals surface area contributed by atoms with Crippen LogP contribution in [0.25, 0.3) is 12.2 Å². The third-order valence-electron chi connectivity index (χ3n) is 2.30. The van der Waals surface area contributed by atoms with Gasteiger partial charge >= 0.3 is 0 Å². The van der Waals surface area contributed by atoms with E-state index < -0.39 is 0 Å². The lowest BCUT2D eigenvalue weighted by Gasteiger charge is -2.03. The first-order chi connectivity index (χ1) is 7.90. The molecule has 0 saturated carbocycles. The molecule has 0 aliphatic carbocycles. The molecular formula is C14H13NO. The summed E-state index contributed by atoms with van der Waals surface area (Å²) in [6.07, 6.45) is 7.64. The van der Waals surface area contributed by atoms with Gasteiger partial charge in [-0.25, -0.2) is 0 Å². The third-order valence-corrected chi connectivity index (χ3v) is 2.30. The van der Waals surface area contributed by atoms with Crippen LogP contribution in [0, 0.1) is 0 Å². The molecule has 0 saturated heterocycles. The van der Waals surface area contributed by atoms with Crippen LogP contribution in [0.3, 0.4) is 0 Å². The first-order valence-electron chi connectivity index (χ1n) is 5.11. The molecule has 0 atom stereocenters. The van der Waals surface area contributed by atoms with E-state index in [-0.39, 0.29) is 0 Å². The minimum atomic E-state index is 0.882. The van der Waals surface area contributed by atoms with Gasteiger partial charge in [0.1, 0.15) is 5.75 Å². The number of hydrogen-bond donors (Lipinski definition) is 0. The fourth-order valence-corrected chi connectivity index (χ4v) is 1.46. The van der Waals surface area contributed by atoms with Crippen LogP contribution in [0.1, 0.15) is 11.1 Å². The van der Waals surface area contributed by atoms with E-state index in [0.29, 0.717) is 0 Å². The maximum atomic E-state index is 5.27. The molecule has 2 rings (SSSR count). The highest BCUT2D eigenvalue weighted by molar-refractivity contribution is 5.72. The molecule has 0 fully saturated rings. The Hall–Kier alpha value is -2.09. The molecule has 2 aromatic rings. The first-order valence-corrected chi connectivity index (χ1v) is 5.11. The molecule has 1 heterocycles. The molecule has 80 valence electrons. The number of nitrogens with zero attached hydrogens (tertiary/aromatic N) is 1. The summed E-state index contributed by atoms with van der Waals surface area (Å²) in [6, 6.07) is 11.9. The van der Waals surface area contributed by atoms with Gasteiger partial charge in [0.2, 0.25) is 0 Å². The van der Waals surface area contributed by atoms with E-state index >= 15 is 0 Å². The van der Waals surface area contributed by atoms with Crippen LogP contribution >= 0.6 is 0 Å². The van der Waals surface area contributed by atoms with Crippen molar-refractivity contribution in [3.8, 4) is 5.75 Å². The van der Waals surface area contributed by atoms with Crippen molar-refractivity contribution in [2.75, 3.05) is 7.11 Å². The quantitative estimate of drug-likeness (QED) is 0.777. The fourth-order valence-electron chi connectivity index (χ4n) is 1.46.